The predicted octanol–water partition coefficient (Wildman–Crippen LogP) is 0.324. The number of hydrogen-bond donors (Lipinski definition) is 2. The number of epoxide rings is 1. The molecular formula is C15H18N4O4. The number of amides is 1. The molecule has 2 aromatic rings. The Labute approximate surface area is 133 Å². The Kier molecular flexibility index (Phi) is 4.54. The second-order valence-electron chi connectivity index (χ2n) is 5.28. The number of carbonyl (C=O) groups is 1. The molecule has 2 N–H and O–H groups in total. The molecule has 1 aliphatic heterocycles. The maximum absolute atomic E-state index is 12.3. The van der Waals surface area contributed by atoms with Crippen LogP contribution in [0.25, 0.3) is 0 Å². The van der Waals surface area contributed by atoms with Crippen molar-refractivity contribution in [3.05, 3.63) is 41.7 Å². The van der Waals surface area contributed by atoms with Gasteiger partial charge >= 0.3 is 0 Å². The number of rotatable bonds is 7. The summed E-state index contributed by atoms with van der Waals surface area (Å²) in [7, 11) is 0. The summed E-state index contributed by atoms with van der Waals surface area (Å²) in [4.78, 5) is 12.3. The fourth-order valence-corrected chi connectivity index (χ4v) is 2.10. The molecule has 0 saturated carbocycles. The monoisotopic (exact) mass is 318 g/mol. The first kappa shape index (κ1) is 15.4. The highest BCUT2D eigenvalue weighted by atomic mass is 16.6. The highest BCUT2D eigenvalue weighted by Crippen LogP contribution is 2.19. The Morgan fingerprint density at radius 2 is 2.35 bits per heavy atom. The number of aliphatic hydroxyl groups excluding tert-OH is 1. The second-order valence-corrected chi connectivity index (χ2v) is 5.28. The van der Waals surface area contributed by atoms with E-state index in [0.717, 1.165) is 6.61 Å². The van der Waals surface area contributed by atoms with Crippen molar-refractivity contribution in [2.24, 2.45) is 0 Å². The van der Waals surface area contributed by atoms with E-state index in [1.165, 1.54) is 6.92 Å². The van der Waals surface area contributed by atoms with Crippen LogP contribution in [0.15, 0.2) is 30.5 Å². The van der Waals surface area contributed by atoms with Gasteiger partial charge in [0, 0.05) is 0 Å². The number of para-hydroxylation sites is 1. The molecule has 1 unspecified atom stereocenters. The topological polar surface area (TPSA) is 102 Å². The third kappa shape index (κ3) is 4.27. The van der Waals surface area contributed by atoms with E-state index in [2.05, 4.69) is 15.6 Å². The molecule has 1 amide bonds. The summed E-state index contributed by atoms with van der Waals surface area (Å²) in [5.74, 6) is 0.0239. The first-order valence-corrected chi connectivity index (χ1v) is 7.34. The van der Waals surface area contributed by atoms with E-state index < -0.39 is 6.29 Å². The minimum atomic E-state index is -0.992. The van der Waals surface area contributed by atoms with Crippen LogP contribution in [0.2, 0.25) is 0 Å². The van der Waals surface area contributed by atoms with Gasteiger partial charge in [-0.3, -0.25) is 4.79 Å². The van der Waals surface area contributed by atoms with Crippen LogP contribution < -0.4 is 10.1 Å². The molecule has 2 heterocycles. The zero-order chi connectivity index (χ0) is 16.2. The molecule has 8 heteroatoms. The Bertz CT molecular complexity index is 682. The van der Waals surface area contributed by atoms with E-state index in [4.69, 9.17) is 9.47 Å². The van der Waals surface area contributed by atoms with Crippen molar-refractivity contribution in [1.82, 2.24) is 20.3 Å². The summed E-state index contributed by atoms with van der Waals surface area (Å²) in [5, 5.41) is 20.1. The van der Waals surface area contributed by atoms with Crippen molar-refractivity contribution in [2.75, 3.05) is 6.61 Å². The van der Waals surface area contributed by atoms with Gasteiger partial charge in [0.25, 0.3) is 5.91 Å². The van der Waals surface area contributed by atoms with Crippen LogP contribution in [0, 0.1) is 0 Å². The average molecular weight is 318 g/mol. The predicted molar refractivity (Wildman–Crippen MR) is 79.7 cm³/mol. The molecule has 8 nitrogen and oxygen atoms in total. The maximum atomic E-state index is 12.3. The van der Waals surface area contributed by atoms with Crippen LogP contribution in [-0.4, -0.2) is 45.0 Å². The lowest BCUT2D eigenvalue weighted by molar-refractivity contribution is -0.000809. The molecule has 1 fully saturated rings. The zero-order valence-corrected chi connectivity index (χ0v) is 12.7. The van der Waals surface area contributed by atoms with Crippen molar-refractivity contribution in [3.63, 3.8) is 0 Å². The number of nitrogens with zero attached hydrogens (tertiary/aromatic N) is 3. The fourth-order valence-electron chi connectivity index (χ4n) is 2.10. The molecule has 1 saturated heterocycles. The van der Waals surface area contributed by atoms with E-state index in [9.17, 15) is 9.90 Å². The first-order chi connectivity index (χ1) is 11.1. The fraction of sp³-hybridized carbons (Fsp3) is 0.400. The largest absolute Gasteiger partial charge is 0.465 e. The third-order valence-electron chi connectivity index (χ3n) is 3.24. The second kappa shape index (κ2) is 6.76. The summed E-state index contributed by atoms with van der Waals surface area (Å²) in [6.45, 7) is 3.17. The van der Waals surface area contributed by atoms with Crippen LogP contribution in [0.5, 0.6) is 5.75 Å². The van der Waals surface area contributed by atoms with E-state index in [0.29, 0.717) is 23.6 Å². The minimum Gasteiger partial charge on any atom is -0.465 e. The molecule has 3 rings (SSSR count). The highest BCUT2D eigenvalue weighted by Gasteiger charge is 2.23. The number of ether oxygens (including phenoxy) is 2. The summed E-state index contributed by atoms with van der Waals surface area (Å²) in [6, 6.07) is 6.73. The van der Waals surface area contributed by atoms with E-state index in [-0.39, 0.29) is 18.6 Å². The minimum absolute atomic E-state index is 0.226. The van der Waals surface area contributed by atoms with Crippen molar-refractivity contribution in [3.8, 4) is 5.75 Å². The van der Waals surface area contributed by atoms with Gasteiger partial charge < -0.3 is 19.9 Å². The number of carbonyl (C=O) groups excluding carboxylic acids is 1. The normalized spacial score (nSPS) is 17.6. The van der Waals surface area contributed by atoms with Crippen LogP contribution in [0.4, 0.5) is 0 Å². The molecule has 0 aliphatic carbocycles. The summed E-state index contributed by atoms with van der Waals surface area (Å²) >= 11 is 0. The van der Waals surface area contributed by atoms with Crippen LogP contribution in [0.3, 0.4) is 0 Å². The molecular weight excluding hydrogens is 300 g/mol. The van der Waals surface area contributed by atoms with Crippen molar-refractivity contribution in [2.45, 2.75) is 32.4 Å². The summed E-state index contributed by atoms with van der Waals surface area (Å²) < 4.78 is 12.0. The van der Waals surface area contributed by atoms with Crippen LogP contribution in [0.1, 0.15) is 23.0 Å². The quantitative estimate of drug-likeness (QED) is 0.563. The molecule has 1 aromatic carbocycles. The smallest absolute Gasteiger partial charge is 0.255 e. The lowest BCUT2D eigenvalue weighted by atomic mass is 10.2. The van der Waals surface area contributed by atoms with Crippen LogP contribution in [-0.2, 0) is 17.8 Å². The molecule has 1 aliphatic rings. The van der Waals surface area contributed by atoms with E-state index in [1.54, 1.807) is 35.1 Å². The molecule has 23 heavy (non-hydrogen) atoms. The molecule has 0 spiro atoms. The zero-order valence-electron chi connectivity index (χ0n) is 12.7. The Hall–Kier alpha value is -2.45. The van der Waals surface area contributed by atoms with E-state index >= 15 is 0 Å². The lowest BCUT2D eigenvalue weighted by Gasteiger charge is -2.12. The summed E-state index contributed by atoms with van der Waals surface area (Å²) in [6.07, 6.45) is 1.01. The van der Waals surface area contributed by atoms with Gasteiger partial charge in [-0.1, -0.05) is 17.3 Å². The number of aromatic nitrogens is 3. The van der Waals surface area contributed by atoms with Gasteiger partial charge in [-0.05, 0) is 19.1 Å². The Morgan fingerprint density at radius 1 is 1.57 bits per heavy atom. The lowest BCUT2D eigenvalue weighted by Crippen LogP contribution is -2.24. The van der Waals surface area contributed by atoms with Gasteiger partial charge in [0.1, 0.15) is 17.5 Å². The van der Waals surface area contributed by atoms with Gasteiger partial charge in [0.05, 0.1) is 31.5 Å². The summed E-state index contributed by atoms with van der Waals surface area (Å²) in [5.41, 5.74) is 1.01. The van der Waals surface area contributed by atoms with E-state index in [1.807, 2.05) is 0 Å². The number of hydrogen-bond acceptors (Lipinski definition) is 6. The maximum Gasteiger partial charge on any atom is 0.255 e. The van der Waals surface area contributed by atoms with Gasteiger partial charge in [0.2, 0.25) is 0 Å². The molecule has 0 radical (unpaired) electrons. The van der Waals surface area contributed by atoms with Crippen molar-refractivity contribution in [1.29, 1.82) is 0 Å². The molecule has 1 aromatic heterocycles. The highest BCUT2D eigenvalue weighted by molar-refractivity contribution is 5.96. The van der Waals surface area contributed by atoms with Gasteiger partial charge in [0.15, 0.2) is 6.29 Å². The number of benzene rings is 1. The van der Waals surface area contributed by atoms with Gasteiger partial charge in [-0.15, -0.1) is 5.10 Å². The van der Waals surface area contributed by atoms with Crippen molar-refractivity contribution >= 4 is 5.91 Å². The van der Waals surface area contributed by atoms with Crippen LogP contribution >= 0.6 is 0 Å². The van der Waals surface area contributed by atoms with Crippen molar-refractivity contribution < 1.29 is 19.4 Å². The van der Waals surface area contributed by atoms with Gasteiger partial charge in [-0.25, -0.2) is 4.68 Å². The first-order valence-electron chi connectivity index (χ1n) is 7.34. The SMILES string of the molecule is CC(O)Oc1ccccc1C(=O)NCc1cn(C[C@H]2CO2)nn1. The standard InChI is InChI=1S/C15H18N4O4/c1-10(20)23-14-5-3-2-4-13(14)15(21)16-6-11-7-19(18-17-11)8-12-9-22-12/h2-5,7,10,12,20H,6,8-9H2,1H3,(H,16,21)/t10?,12-/m0/s1. The van der Waals surface area contributed by atoms with Gasteiger partial charge in [-0.2, -0.15) is 0 Å². The Balaban J connectivity index is 1.59. The molecule has 122 valence electrons. The number of nitrogens with one attached hydrogen (secondary N) is 1. The molecule has 0 bridgehead atoms. The number of aliphatic hydroxyl groups is 1. The third-order valence-corrected chi connectivity index (χ3v) is 3.24. The average Bonchev–Trinajstić information content (AvgIpc) is 3.22. The molecule has 2 atom stereocenters. The Morgan fingerprint density at radius 3 is 3.09 bits per heavy atom.